The van der Waals surface area contributed by atoms with Crippen LogP contribution in [0.3, 0.4) is 0 Å². The molecule has 0 radical (unpaired) electrons. The van der Waals surface area contributed by atoms with E-state index in [4.69, 9.17) is 9.90 Å². The molecule has 0 spiro atoms. The molecular weight excluding hydrogens is 491 g/mol. The number of hydrogen-bond donors (Lipinski definition) is 3. The lowest BCUT2D eigenvalue weighted by Crippen LogP contribution is -2.49. The van der Waals surface area contributed by atoms with Crippen LogP contribution < -0.4 is 4.72 Å². The first-order chi connectivity index (χ1) is 16.2. The number of carbonyl (C=O) groups is 2. The van der Waals surface area contributed by atoms with Crippen LogP contribution in [0.4, 0.5) is 13.2 Å². The number of carboxylic acid groups (broad SMARTS) is 1. The van der Waals surface area contributed by atoms with Gasteiger partial charge in [-0.25, -0.2) is 17.9 Å². The van der Waals surface area contributed by atoms with Gasteiger partial charge in [0.05, 0.1) is 18.8 Å². The summed E-state index contributed by atoms with van der Waals surface area (Å²) in [6, 6.07) is 7.74. The topological polar surface area (TPSA) is 127 Å². The van der Waals surface area contributed by atoms with Gasteiger partial charge in [0.2, 0.25) is 15.9 Å². The fourth-order valence-electron chi connectivity index (χ4n) is 4.06. The van der Waals surface area contributed by atoms with Crippen LogP contribution in [0.1, 0.15) is 36.8 Å². The second-order valence-corrected chi connectivity index (χ2v) is 10.7. The number of amides is 1. The number of alkyl halides is 3. The van der Waals surface area contributed by atoms with E-state index in [0.29, 0.717) is 13.0 Å². The monoisotopic (exact) mass is 523 g/mol. The number of aliphatic carboxylic acids is 1. The molecule has 3 rings (SSSR count). The number of likely N-dealkylation sites (tertiary alicyclic amines) is 2. The van der Waals surface area contributed by atoms with Gasteiger partial charge in [-0.1, -0.05) is 24.3 Å². The van der Waals surface area contributed by atoms with Gasteiger partial charge in [-0.2, -0.15) is 13.2 Å². The van der Waals surface area contributed by atoms with Crippen LogP contribution in [0.2, 0.25) is 0 Å². The zero-order valence-electron chi connectivity index (χ0n) is 19.5. The minimum Gasteiger partial charge on any atom is -0.475 e. The third kappa shape index (κ3) is 10.5. The average Bonchev–Trinajstić information content (AvgIpc) is 3.17. The number of carbonyl (C=O) groups excluding carboxylic acids is 1. The molecule has 3 N–H and O–H groups in total. The van der Waals surface area contributed by atoms with Crippen molar-refractivity contribution in [1.29, 1.82) is 0 Å². The van der Waals surface area contributed by atoms with E-state index in [2.05, 4.69) is 9.62 Å². The molecule has 1 aromatic rings. The Balaban J connectivity index is 0.000000540. The maximum atomic E-state index is 12.9. The maximum absolute atomic E-state index is 12.9. The minimum absolute atomic E-state index is 0.145. The number of nitrogens with one attached hydrogen (secondary N) is 1. The van der Waals surface area contributed by atoms with E-state index in [1.165, 1.54) is 0 Å². The lowest BCUT2D eigenvalue weighted by Gasteiger charge is -2.38. The van der Waals surface area contributed by atoms with Gasteiger partial charge in [-0.15, -0.1) is 0 Å². The summed E-state index contributed by atoms with van der Waals surface area (Å²) in [5.41, 5.74) is 1.80. The lowest BCUT2D eigenvalue weighted by molar-refractivity contribution is -0.192. The Kier molecular flexibility index (Phi) is 10.5. The molecule has 2 saturated heterocycles. The fraction of sp³-hybridized carbons (Fsp3) is 0.636. The molecule has 198 valence electrons. The summed E-state index contributed by atoms with van der Waals surface area (Å²) in [4.78, 5) is 26.1. The molecule has 2 atom stereocenters. The van der Waals surface area contributed by atoms with E-state index in [9.17, 15) is 31.5 Å². The molecule has 13 heteroatoms. The average molecular weight is 524 g/mol. The number of aliphatic hydroxyl groups excluding tert-OH is 1. The molecular formula is C22H32F3N3O6S. The van der Waals surface area contributed by atoms with Gasteiger partial charge >= 0.3 is 12.1 Å². The number of sulfonamides is 1. The summed E-state index contributed by atoms with van der Waals surface area (Å²) in [5.74, 6) is -2.61. The highest BCUT2D eigenvalue weighted by atomic mass is 32.2. The summed E-state index contributed by atoms with van der Waals surface area (Å²) >= 11 is 0. The molecule has 1 unspecified atom stereocenters. The zero-order valence-corrected chi connectivity index (χ0v) is 20.3. The van der Waals surface area contributed by atoms with Crippen molar-refractivity contribution in [2.45, 2.75) is 57.0 Å². The highest BCUT2D eigenvalue weighted by molar-refractivity contribution is 7.88. The second-order valence-electron chi connectivity index (χ2n) is 8.83. The molecule has 0 bridgehead atoms. The molecule has 9 nitrogen and oxygen atoms in total. The SMILES string of the molecule is CS(=O)(=O)NCc1ccc(CC(=O)N2CCCC[C@H]2CN2CCC(O)C2)cc1.O=C(O)C(F)(F)F. The maximum Gasteiger partial charge on any atom is 0.490 e. The van der Waals surface area contributed by atoms with Gasteiger partial charge in [-0.3, -0.25) is 9.69 Å². The van der Waals surface area contributed by atoms with Crippen LogP contribution >= 0.6 is 0 Å². The van der Waals surface area contributed by atoms with Crippen molar-refractivity contribution in [2.75, 3.05) is 32.4 Å². The minimum atomic E-state index is -5.08. The smallest absolute Gasteiger partial charge is 0.475 e. The Morgan fingerprint density at radius 3 is 2.20 bits per heavy atom. The number of benzene rings is 1. The molecule has 2 fully saturated rings. The number of carboxylic acids is 1. The lowest BCUT2D eigenvalue weighted by atomic mass is 10.00. The van der Waals surface area contributed by atoms with Crippen LogP contribution in [0.25, 0.3) is 0 Å². The largest absolute Gasteiger partial charge is 0.490 e. The van der Waals surface area contributed by atoms with Crippen LogP contribution in [0.5, 0.6) is 0 Å². The number of nitrogens with zero attached hydrogens (tertiary/aromatic N) is 2. The van der Waals surface area contributed by atoms with E-state index in [0.717, 1.165) is 62.7 Å². The highest BCUT2D eigenvalue weighted by Gasteiger charge is 2.38. The van der Waals surface area contributed by atoms with E-state index >= 15 is 0 Å². The summed E-state index contributed by atoms with van der Waals surface area (Å²) < 4.78 is 56.6. The molecule has 2 heterocycles. The first-order valence-electron chi connectivity index (χ1n) is 11.3. The first-order valence-corrected chi connectivity index (χ1v) is 13.2. The van der Waals surface area contributed by atoms with Crippen LogP contribution in [0, 0.1) is 0 Å². The summed E-state index contributed by atoms with van der Waals surface area (Å²) in [7, 11) is -3.22. The van der Waals surface area contributed by atoms with Crippen molar-refractivity contribution in [1.82, 2.24) is 14.5 Å². The standard InChI is InChI=1S/C20H31N3O4S.C2HF3O2/c1-28(26,27)21-13-17-7-5-16(6-8-17)12-20(25)23-10-3-2-4-18(23)14-22-11-9-19(24)15-22;3-2(4,5)1(6)7/h5-8,18-19,21,24H,2-4,9-15H2,1H3;(H,6,7)/t18-,19?;/m0./s1. The predicted molar refractivity (Wildman–Crippen MR) is 122 cm³/mol. The fourth-order valence-corrected chi connectivity index (χ4v) is 4.49. The van der Waals surface area contributed by atoms with Gasteiger partial charge < -0.3 is 15.1 Å². The first kappa shape index (κ1) is 29.0. The van der Waals surface area contributed by atoms with Crippen LogP contribution in [-0.4, -0.2) is 91.1 Å². The van der Waals surface area contributed by atoms with Crippen molar-refractivity contribution in [3.63, 3.8) is 0 Å². The molecule has 0 saturated carbocycles. The Bertz CT molecular complexity index is 956. The second kappa shape index (κ2) is 12.7. The van der Waals surface area contributed by atoms with Gasteiger partial charge in [-0.05, 0) is 36.8 Å². The van der Waals surface area contributed by atoms with Crippen molar-refractivity contribution in [3.05, 3.63) is 35.4 Å². The number of rotatable bonds is 7. The van der Waals surface area contributed by atoms with Crippen LogP contribution in [0.15, 0.2) is 24.3 Å². The Hall–Kier alpha value is -2.22. The quantitative estimate of drug-likeness (QED) is 0.493. The number of hydrogen-bond acceptors (Lipinski definition) is 6. The number of aliphatic hydroxyl groups is 1. The summed E-state index contributed by atoms with van der Waals surface area (Å²) in [6.07, 6.45) is 0.212. The molecule has 2 aliphatic rings. The number of piperidine rings is 1. The number of β-amino-alcohol motifs (C(OH)–C–C–N with tert-alkyl or cyclic N) is 1. The summed E-state index contributed by atoms with van der Waals surface area (Å²) in [5, 5.41) is 16.9. The van der Waals surface area contributed by atoms with Crippen molar-refractivity contribution >= 4 is 21.9 Å². The third-order valence-electron chi connectivity index (χ3n) is 5.82. The predicted octanol–water partition coefficient (Wildman–Crippen LogP) is 1.36. The van der Waals surface area contributed by atoms with Crippen LogP contribution in [-0.2, 0) is 32.6 Å². The highest BCUT2D eigenvalue weighted by Crippen LogP contribution is 2.21. The Morgan fingerprint density at radius 1 is 1.09 bits per heavy atom. The molecule has 35 heavy (non-hydrogen) atoms. The zero-order chi connectivity index (χ0) is 26.2. The normalized spacial score (nSPS) is 21.3. The number of halogens is 3. The Morgan fingerprint density at radius 2 is 1.69 bits per heavy atom. The van der Waals surface area contributed by atoms with Crippen molar-refractivity contribution in [3.8, 4) is 0 Å². The van der Waals surface area contributed by atoms with E-state index in [1.807, 2.05) is 29.2 Å². The Labute approximate surface area is 203 Å². The molecule has 1 amide bonds. The molecule has 1 aromatic carbocycles. The summed E-state index contributed by atoms with van der Waals surface area (Å²) in [6.45, 7) is 3.52. The van der Waals surface area contributed by atoms with Gasteiger partial charge in [0.25, 0.3) is 0 Å². The van der Waals surface area contributed by atoms with Gasteiger partial charge in [0, 0.05) is 38.8 Å². The van der Waals surface area contributed by atoms with Crippen molar-refractivity contribution in [2.24, 2.45) is 0 Å². The van der Waals surface area contributed by atoms with Gasteiger partial charge in [0.15, 0.2) is 0 Å². The van der Waals surface area contributed by atoms with E-state index < -0.39 is 22.2 Å². The molecule has 0 aromatic heterocycles. The molecule has 2 aliphatic heterocycles. The van der Waals surface area contributed by atoms with Crippen molar-refractivity contribution < 1.29 is 41.4 Å². The van der Waals surface area contributed by atoms with E-state index in [-0.39, 0.29) is 24.6 Å². The molecule has 0 aliphatic carbocycles. The van der Waals surface area contributed by atoms with E-state index in [1.54, 1.807) is 0 Å². The van der Waals surface area contributed by atoms with Gasteiger partial charge in [0.1, 0.15) is 0 Å². The third-order valence-corrected chi connectivity index (χ3v) is 6.49.